The van der Waals surface area contributed by atoms with Crippen molar-refractivity contribution in [3.63, 3.8) is 0 Å². The number of nitrogens with zero attached hydrogens (tertiary/aromatic N) is 6. The van der Waals surface area contributed by atoms with Crippen LogP contribution in [0.3, 0.4) is 0 Å². The number of hydrogen-bond acceptors (Lipinski definition) is 8. The van der Waals surface area contributed by atoms with Crippen LogP contribution in [0.5, 0.6) is 11.5 Å². The lowest BCUT2D eigenvalue weighted by Gasteiger charge is -2.50. The van der Waals surface area contributed by atoms with Crippen LogP contribution in [-0.2, 0) is 50.0 Å². The van der Waals surface area contributed by atoms with Gasteiger partial charge in [0, 0.05) is 43.5 Å². The molecular weight excluding hydrogens is 997 g/mol. The molecule has 1 atom stereocenters. The first-order valence-electron chi connectivity index (χ1n) is 26.9. The van der Waals surface area contributed by atoms with Crippen LogP contribution in [-0.4, -0.2) is 49.4 Å². The van der Waals surface area contributed by atoms with Gasteiger partial charge in [0.25, 0.3) is 11.8 Å². The molecule has 12 nitrogen and oxygen atoms in total. The van der Waals surface area contributed by atoms with Crippen LogP contribution in [0.25, 0.3) is 6.08 Å². The van der Waals surface area contributed by atoms with E-state index in [1.807, 2.05) is 101 Å². The number of carbonyl (C=O) groups excluding carboxylic acids is 2. The number of aromatic nitrogens is 2. The zero-order chi connectivity index (χ0) is 53.4. The van der Waals surface area contributed by atoms with Crippen molar-refractivity contribution in [1.82, 2.24) is 19.2 Å². The Balaban J connectivity index is 0.000000152. The van der Waals surface area contributed by atoms with Gasteiger partial charge in [0.1, 0.15) is 31.0 Å². The van der Waals surface area contributed by atoms with Crippen molar-refractivity contribution >= 4 is 17.9 Å². The van der Waals surface area contributed by atoms with Gasteiger partial charge in [-0.1, -0.05) is 202 Å². The molecule has 12 heteroatoms. The lowest BCUT2D eigenvalue weighted by Crippen LogP contribution is -2.63. The van der Waals surface area contributed by atoms with Gasteiger partial charge >= 0.3 is 0 Å². The summed E-state index contributed by atoms with van der Waals surface area (Å²) in [5.74, 6) is -0.765. The summed E-state index contributed by atoms with van der Waals surface area (Å²) in [6.07, 6.45) is 8.33. The zero-order valence-corrected chi connectivity index (χ0v) is 43.2. The SMILES string of the molecule is C.O=C1c2c(O)c(=O)ccn2N(C23c4ccccc4CC2Cc2ccccc23)CN1Cc1ccccc1.O=C1c2c(OCc3ccccc3)c(=O)ccn2N(C23C(=Cc4ccccc42)Cc2ccccc23)CN1Cc1ccccc1. The first-order chi connectivity index (χ1) is 38.7. The van der Waals surface area contributed by atoms with E-state index in [1.165, 1.54) is 62.2 Å². The molecule has 0 saturated heterocycles. The summed E-state index contributed by atoms with van der Waals surface area (Å²) in [6.45, 7) is 1.60. The van der Waals surface area contributed by atoms with Gasteiger partial charge < -0.3 is 19.6 Å². The van der Waals surface area contributed by atoms with Crippen molar-refractivity contribution in [3.05, 3.63) is 311 Å². The topological polar surface area (TPSA) is 121 Å². The second-order valence-electron chi connectivity index (χ2n) is 21.2. The quantitative estimate of drug-likeness (QED) is 0.152. The fourth-order valence-corrected chi connectivity index (χ4v) is 13.7. The molecule has 0 radical (unpaired) electrons. The van der Waals surface area contributed by atoms with E-state index >= 15 is 0 Å². The maximum absolute atomic E-state index is 14.4. The number of hydrogen-bond donors (Lipinski definition) is 1. The van der Waals surface area contributed by atoms with E-state index in [9.17, 15) is 24.3 Å². The van der Waals surface area contributed by atoms with Gasteiger partial charge in [0.15, 0.2) is 22.9 Å². The van der Waals surface area contributed by atoms with E-state index in [2.05, 4.69) is 113 Å². The van der Waals surface area contributed by atoms with Gasteiger partial charge in [-0.3, -0.25) is 38.5 Å². The predicted octanol–water partition coefficient (Wildman–Crippen LogP) is 10.3. The number of benzene rings is 7. The lowest BCUT2D eigenvalue weighted by molar-refractivity contribution is 0.0628. The van der Waals surface area contributed by atoms with E-state index < -0.39 is 22.3 Å². The molecule has 15 rings (SSSR count). The number of rotatable bonds is 9. The molecule has 2 amide bonds. The van der Waals surface area contributed by atoms with Gasteiger partial charge in [0.2, 0.25) is 10.9 Å². The normalized spacial score (nSPS) is 19.4. The molecule has 0 saturated carbocycles. The molecule has 0 bridgehead atoms. The molecule has 7 aromatic carbocycles. The van der Waals surface area contributed by atoms with Gasteiger partial charge in [-0.05, 0) is 86.0 Å². The van der Waals surface area contributed by atoms with Crippen molar-refractivity contribution in [3.8, 4) is 11.5 Å². The molecule has 1 unspecified atom stereocenters. The smallest absolute Gasteiger partial charge is 0.278 e. The highest BCUT2D eigenvalue weighted by atomic mass is 16.5. The standard InChI is InChI=1S/C37H29N3O3.C30H25N3O3.CH4/c41-33-19-20-39-34(35(33)43-24-27-13-5-2-6-14-27)36(42)38(23-26-11-3-1-4-12-26)25-40(39)37-30(21-28-15-7-9-17-31(28)37)22-29-16-8-10-18-32(29)37;34-26-14-15-32-27(28(26)35)29(36)31(18-20-8-2-1-3-9-20)19-33(32)30-23(16-21-10-4-6-12-24(21)30)17-22-11-5-7-13-25(22)30;/h1-21H,22-25H2;1-15,23,35H,16-19H2;1H4. The molecule has 1 N–H and O–H groups in total. The minimum absolute atomic E-state index is 0. The van der Waals surface area contributed by atoms with Crippen molar-refractivity contribution < 1.29 is 19.4 Å². The second kappa shape index (κ2) is 19.7. The molecular formula is C68H58N6O6. The molecule has 80 heavy (non-hydrogen) atoms. The van der Waals surface area contributed by atoms with Crippen molar-refractivity contribution in [2.45, 2.75) is 57.5 Å². The number of amides is 2. The number of carbonyl (C=O) groups is 2. The van der Waals surface area contributed by atoms with Crippen molar-refractivity contribution in [2.24, 2.45) is 5.92 Å². The molecule has 4 heterocycles. The van der Waals surface area contributed by atoms with Crippen LogP contribution >= 0.6 is 0 Å². The largest absolute Gasteiger partial charge is 0.502 e. The van der Waals surface area contributed by atoms with Gasteiger partial charge in [-0.15, -0.1) is 0 Å². The molecule has 0 fully saturated rings. The number of aromatic hydroxyl groups is 1. The maximum atomic E-state index is 14.4. The molecule has 4 aliphatic carbocycles. The molecule has 2 aromatic heterocycles. The highest BCUT2D eigenvalue weighted by Crippen LogP contribution is 2.58. The lowest BCUT2D eigenvalue weighted by atomic mass is 9.81. The van der Waals surface area contributed by atoms with Crippen LogP contribution in [0.4, 0.5) is 0 Å². The van der Waals surface area contributed by atoms with E-state index in [0.717, 1.165) is 36.0 Å². The Morgan fingerprint density at radius 3 is 1.57 bits per heavy atom. The summed E-state index contributed by atoms with van der Waals surface area (Å²) in [7, 11) is 0. The van der Waals surface area contributed by atoms with Crippen LogP contribution in [0.2, 0.25) is 0 Å². The molecule has 9 aromatic rings. The third kappa shape index (κ3) is 7.64. The van der Waals surface area contributed by atoms with Crippen LogP contribution in [0, 0.1) is 5.92 Å². The van der Waals surface area contributed by atoms with Crippen molar-refractivity contribution in [2.75, 3.05) is 23.4 Å². The first-order valence-corrected chi connectivity index (χ1v) is 26.9. The average Bonchev–Trinajstić information content (AvgIpc) is 4.40. The Hall–Kier alpha value is -9.68. The molecule has 6 aliphatic rings. The Morgan fingerprint density at radius 2 is 0.963 bits per heavy atom. The number of pyridine rings is 2. The third-order valence-corrected chi connectivity index (χ3v) is 17.0. The fraction of sp³-hybridized carbons (Fsp3) is 0.176. The van der Waals surface area contributed by atoms with Crippen LogP contribution in [0.1, 0.15) is 89.6 Å². The Morgan fingerprint density at radius 1 is 0.487 bits per heavy atom. The van der Waals surface area contributed by atoms with E-state index in [1.54, 1.807) is 22.0 Å². The Bertz CT molecular complexity index is 4010. The van der Waals surface area contributed by atoms with Crippen LogP contribution in [0.15, 0.2) is 228 Å². The number of ether oxygens (including phenoxy) is 1. The summed E-state index contributed by atoms with van der Waals surface area (Å²) in [4.78, 5) is 57.6. The third-order valence-electron chi connectivity index (χ3n) is 17.0. The zero-order valence-electron chi connectivity index (χ0n) is 43.2. The molecule has 0 spiro atoms. The summed E-state index contributed by atoms with van der Waals surface area (Å²) >= 11 is 0. The summed E-state index contributed by atoms with van der Waals surface area (Å²) in [6, 6.07) is 66.5. The van der Waals surface area contributed by atoms with E-state index in [4.69, 9.17) is 4.74 Å². The van der Waals surface area contributed by atoms with E-state index in [-0.39, 0.29) is 54.3 Å². The Kier molecular flexibility index (Phi) is 12.2. The minimum Gasteiger partial charge on any atom is -0.502 e. The molecule has 2 aliphatic heterocycles. The van der Waals surface area contributed by atoms with Crippen LogP contribution < -0.4 is 25.6 Å². The Labute approximate surface area is 463 Å². The highest BCUT2D eigenvalue weighted by Gasteiger charge is 2.59. The van der Waals surface area contributed by atoms with Gasteiger partial charge in [-0.25, -0.2) is 0 Å². The summed E-state index contributed by atoms with van der Waals surface area (Å²) in [5, 5.41) is 15.3. The second-order valence-corrected chi connectivity index (χ2v) is 21.2. The predicted molar refractivity (Wildman–Crippen MR) is 309 cm³/mol. The van der Waals surface area contributed by atoms with E-state index in [0.29, 0.717) is 26.4 Å². The van der Waals surface area contributed by atoms with Crippen molar-refractivity contribution in [1.29, 1.82) is 0 Å². The highest BCUT2D eigenvalue weighted by molar-refractivity contribution is 5.97. The fourth-order valence-electron chi connectivity index (χ4n) is 13.7. The summed E-state index contributed by atoms with van der Waals surface area (Å²) in [5.41, 5.74) is 12.2. The number of fused-ring (bicyclic) bond motifs is 12. The maximum Gasteiger partial charge on any atom is 0.278 e. The first kappa shape index (κ1) is 49.9. The van der Waals surface area contributed by atoms with Gasteiger partial charge in [0.05, 0.1) is 0 Å². The van der Waals surface area contributed by atoms with Gasteiger partial charge in [-0.2, -0.15) is 0 Å². The monoisotopic (exact) mass is 1050 g/mol. The average molecular weight is 1060 g/mol. The minimum atomic E-state index is -0.649. The molecule has 396 valence electrons. The summed E-state index contributed by atoms with van der Waals surface area (Å²) < 4.78 is 9.84.